The molecule has 1 aliphatic rings. The molecule has 13 heteroatoms. The van der Waals surface area contributed by atoms with Gasteiger partial charge < -0.3 is 29.2 Å². The zero-order valence-electron chi connectivity index (χ0n) is 18.7. The van der Waals surface area contributed by atoms with Gasteiger partial charge in [-0.3, -0.25) is 0 Å². The van der Waals surface area contributed by atoms with E-state index in [0.29, 0.717) is 23.4 Å². The highest BCUT2D eigenvalue weighted by atomic mass is 19.4. The van der Waals surface area contributed by atoms with E-state index in [2.05, 4.69) is 30.2 Å². The van der Waals surface area contributed by atoms with Crippen molar-refractivity contribution < 1.29 is 32.0 Å². The quantitative estimate of drug-likeness (QED) is 0.408. The van der Waals surface area contributed by atoms with Crippen LogP contribution < -0.4 is 14.8 Å². The minimum absolute atomic E-state index is 0.159. The summed E-state index contributed by atoms with van der Waals surface area (Å²) in [5.74, 6) is 0.614. The lowest BCUT2D eigenvalue weighted by Gasteiger charge is -2.32. The van der Waals surface area contributed by atoms with Gasteiger partial charge in [0.1, 0.15) is 17.5 Å². The molecule has 0 bridgehead atoms. The lowest BCUT2D eigenvalue weighted by Crippen LogP contribution is -2.41. The molecule has 2 amide bonds. The molecule has 2 aromatic carbocycles. The van der Waals surface area contributed by atoms with Gasteiger partial charge in [-0.1, -0.05) is 5.16 Å². The van der Waals surface area contributed by atoms with Crippen molar-refractivity contribution in [2.75, 3.05) is 12.4 Å². The van der Waals surface area contributed by atoms with Crippen molar-refractivity contribution in [2.45, 2.75) is 25.4 Å². The molecule has 3 heterocycles. The summed E-state index contributed by atoms with van der Waals surface area (Å²) >= 11 is 0. The molecule has 10 nitrogen and oxygen atoms in total. The fraction of sp³-hybridized carbons (Fsp3) is 0.217. The zero-order valence-corrected chi connectivity index (χ0v) is 18.7. The Bertz CT molecular complexity index is 1350. The molecule has 4 aromatic rings. The first-order valence-corrected chi connectivity index (χ1v) is 10.7. The third-order valence-electron chi connectivity index (χ3n) is 5.57. The van der Waals surface area contributed by atoms with Gasteiger partial charge in [-0.2, -0.15) is 4.98 Å². The van der Waals surface area contributed by atoms with Gasteiger partial charge in [0.25, 0.3) is 0 Å². The first-order chi connectivity index (χ1) is 17.3. The second kappa shape index (κ2) is 9.24. The second-order valence-electron chi connectivity index (χ2n) is 7.86. The Balaban J connectivity index is 1.38. The molecular weight excluding hydrogens is 481 g/mol. The summed E-state index contributed by atoms with van der Waals surface area (Å²) in [4.78, 5) is 26.5. The van der Waals surface area contributed by atoms with E-state index in [0.717, 1.165) is 23.5 Å². The largest absolute Gasteiger partial charge is 0.573 e. The average Bonchev–Trinajstić information content (AvgIpc) is 3.53. The molecule has 1 aliphatic heterocycles. The molecule has 0 radical (unpaired) electrons. The summed E-state index contributed by atoms with van der Waals surface area (Å²) in [6.45, 7) is 0.225. The molecule has 5 rings (SSSR count). The summed E-state index contributed by atoms with van der Waals surface area (Å²) < 4.78 is 51.8. The van der Waals surface area contributed by atoms with Crippen LogP contribution in [0.2, 0.25) is 0 Å². The number of amides is 2. The summed E-state index contributed by atoms with van der Waals surface area (Å²) in [5.41, 5.74) is 2.55. The van der Waals surface area contributed by atoms with Crippen molar-refractivity contribution in [3.8, 4) is 22.9 Å². The van der Waals surface area contributed by atoms with Gasteiger partial charge in [0.2, 0.25) is 11.7 Å². The highest BCUT2D eigenvalue weighted by molar-refractivity contribution is 5.89. The number of nitrogens with zero attached hydrogens (tertiary/aromatic N) is 4. The van der Waals surface area contributed by atoms with Crippen LogP contribution >= 0.6 is 0 Å². The van der Waals surface area contributed by atoms with Crippen LogP contribution in [-0.4, -0.2) is 44.5 Å². The SMILES string of the molecule is COc1ccc(NC(=O)N2Cc3[nH]cnc3CC2c2nc(-c3ccc(OC(F)(F)F)cc3)no2)cc1. The number of rotatable bonds is 5. The van der Waals surface area contributed by atoms with Crippen LogP contribution in [-0.2, 0) is 13.0 Å². The van der Waals surface area contributed by atoms with E-state index in [1.807, 2.05) is 0 Å². The maximum absolute atomic E-state index is 13.2. The van der Waals surface area contributed by atoms with Crippen LogP contribution in [0.3, 0.4) is 0 Å². The van der Waals surface area contributed by atoms with Crippen LogP contribution in [0, 0.1) is 0 Å². The first-order valence-electron chi connectivity index (χ1n) is 10.7. The van der Waals surface area contributed by atoms with Crippen molar-refractivity contribution in [2.24, 2.45) is 0 Å². The molecule has 2 N–H and O–H groups in total. The number of methoxy groups -OCH3 is 1. The van der Waals surface area contributed by atoms with Crippen molar-refractivity contribution in [1.29, 1.82) is 0 Å². The number of hydrogen-bond donors (Lipinski definition) is 2. The van der Waals surface area contributed by atoms with E-state index >= 15 is 0 Å². The molecular formula is C23H19F3N6O4. The molecule has 186 valence electrons. The Morgan fingerprint density at radius 1 is 1.14 bits per heavy atom. The minimum atomic E-state index is -4.79. The van der Waals surface area contributed by atoms with Gasteiger partial charge in [0.05, 0.1) is 31.4 Å². The van der Waals surface area contributed by atoms with Crippen molar-refractivity contribution in [3.05, 3.63) is 72.1 Å². The normalized spacial score (nSPS) is 15.3. The lowest BCUT2D eigenvalue weighted by molar-refractivity contribution is -0.274. The topological polar surface area (TPSA) is 118 Å². The Hall–Kier alpha value is -4.55. The Kier molecular flexibility index (Phi) is 5.96. The number of H-pyrrole nitrogens is 1. The maximum Gasteiger partial charge on any atom is 0.573 e. The van der Waals surface area contributed by atoms with Gasteiger partial charge in [-0.15, -0.1) is 13.2 Å². The number of aromatic nitrogens is 4. The molecule has 1 unspecified atom stereocenters. The summed E-state index contributed by atoms with van der Waals surface area (Å²) in [5, 5.41) is 6.81. The van der Waals surface area contributed by atoms with E-state index in [4.69, 9.17) is 9.26 Å². The van der Waals surface area contributed by atoms with Crippen LogP contribution in [0.25, 0.3) is 11.4 Å². The number of benzene rings is 2. The number of ether oxygens (including phenoxy) is 2. The molecule has 0 aliphatic carbocycles. The van der Waals surface area contributed by atoms with E-state index in [1.54, 1.807) is 42.6 Å². The number of imidazole rings is 1. The van der Waals surface area contributed by atoms with Gasteiger partial charge in [0, 0.05) is 17.7 Å². The number of aromatic amines is 1. The standard InChI is InChI=1S/C23H19F3N6O4/c1-34-15-8-4-14(5-9-15)29-22(33)32-11-18-17(27-12-28-18)10-19(32)21-30-20(31-36-21)13-2-6-16(7-3-13)35-23(24,25)26/h2-9,12,19H,10-11H2,1H3,(H,27,28)(H,29,33). The molecule has 0 spiro atoms. The number of alkyl halides is 3. The Morgan fingerprint density at radius 3 is 2.56 bits per heavy atom. The highest BCUT2D eigenvalue weighted by Gasteiger charge is 2.36. The van der Waals surface area contributed by atoms with Crippen LogP contribution in [0.5, 0.6) is 11.5 Å². The van der Waals surface area contributed by atoms with Crippen LogP contribution in [0.4, 0.5) is 23.7 Å². The zero-order chi connectivity index (χ0) is 25.3. The molecule has 1 atom stereocenters. The van der Waals surface area contributed by atoms with Gasteiger partial charge >= 0.3 is 12.4 Å². The average molecular weight is 500 g/mol. The van der Waals surface area contributed by atoms with Gasteiger partial charge in [-0.25, -0.2) is 9.78 Å². The van der Waals surface area contributed by atoms with Crippen molar-refractivity contribution in [1.82, 2.24) is 25.0 Å². The van der Waals surface area contributed by atoms with E-state index in [9.17, 15) is 18.0 Å². The van der Waals surface area contributed by atoms with Gasteiger partial charge in [0.15, 0.2) is 0 Å². The van der Waals surface area contributed by atoms with E-state index in [-0.39, 0.29) is 30.0 Å². The molecule has 36 heavy (non-hydrogen) atoms. The molecule has 0 saturated carbocycles. The minimum Gasteiger partial charge on any atom is -0.497 e. The van der Waals surface area contributed by atoms with E-state index < -0.39 is 12.4 Å². The fourth-order valence-corrected chi connectivity index (χ4v) is 3.83. The number of hydrogen-bond acceptors (Lipinski definition) is 7. The monoisotopic (exact) mass is 500 g/mol. The summed E-state index contributed by atoms with van der Waals surface area (Å²) in [6, 6.07) is 11.0. The number of anilines is 1. The third kappa shape index (κ3) is 4.94. The smallest absolute Gasteiger partial charge is 0.497 e. The highest BCUT2D eigenvalue weighted by Crippen LogP contribution is 2.33. The number of fused-ring (bicyclic) bond motifs is 1. The third-order valence-corrected chi connectivity index (χ3v) is 5.57. The number of nitrogens with one attached hydrogen (secondary N) is 2. The Morgan fingerprint density at radius 2 is 1.86 bits per heavy atom. The van der Waals surface area contributed by atoms with Crippen LogP contribution in [0.15, 0.2) is 59.4 Å². The van der Waals surface area contributed by atoms with Crippen molar-refractivity contribution in [3.63, 3.8) is 0 Å². The second-order valence-corrected chi connectivity index (χ2v) is 7.86. The molecule has 2 aromatic heterocycles. The number of halogens is 3. The number of carbonyl (C=O) groups excluding carboxylic acids is 1. The number of urea groups is 1. The first kappa shape index (κ1) is 23.2. The molecule has 0 fully saturated rings. The predicted octanol–water partition coefficient (Wildman–Crippen LogP) is 4.70. The summed E-state index contributed by atoms with van der Waals surface area (Å²) in [6.07, 6.45) is -2.91. The van der Waals surface area contributed by atoms with Gasteiger partial charge in [-0.05, 0) is 48.5 Å². The number of carbonyl (C=O) groups is 1. The van der Waals surface area contributed by atoms with Crippen molar-refractivity contribution >= 4 is 11.7 Å². The summed E-state index contributed by atoms with van der Waals surface area (Å²) in [7, 11) is 1.55. The maximum atomic E-state index is 13.2. The van der Waals surface area contributed by atoms with Crippen LogP contribution in [0.1, 0.15) is 23.3 Å². The molecule has 0 saturated heterocycles. The predicted molar refractivity (Wildman–Crippen MR) is 119 cm³/mol. The fourth-order valence-electron chi connectivity index (χ4n) is 3.83. The van der Waals surface area contributed by atoms with E-state index in [1.165, 1.54) is 12.1 Å². The Labute approximate surface area is 202 Å². The lowest BCUT2D eigenvalue weighted by atomic mass is 10.0.